The molecule has 0 amide bonds. The van der Waals surface area contributed by atoms with Gasteiger partial charge in [-0.3, -0.25) is 4.99 Å². The van der Waals surface area contributed by atoms with Gasteiger partial charge in [-0.1, -0.05) is 128 Å². The van der Waals surface area contributed by atoms with Crippen LogP contribution in [0.25, 0.3) is 32.9 Å². The standard InChI is InChI=1S/C40H48N4.2C2H6/c1-9-13-18-28(12-4)39(43-38(41-8)29(16-10-2)17-11-3)42-26-44-36-22-21-27(5)23-32(36)33-24-31-30-19-14-15-20-34(30)40(6,7)35(31)25-37(33)44;2*1-2/h10,12-16,18-25,29,38H,8-9,11,17,26H2,1-7H3,(H,42,43);2*1-2H3/b16-10-,18-13-,28-12+;;. The highest BCUT2D eigenvalue weighted by Gasteiger charge is 2.36. The second-order valence-electron chi connectivity index (χ2n) is 12.5. The first-order valence-corrected chi connectivity index (χ1v) is 18.2. The molecular weight excluding hydrogens is 585 g/mol. The zero-order valence-corrected chi connectivity index (χ0v) is 31.6. The monoisotopic (exact) mass is 644 g/mol. The van der Waals surface area contributed by atoms with E-state index in [0.717, 1.165) is 30.7 Å². The van der Waals surface area contributed by atoms with E-state index in [-0.39, 0.29) is 17.5 Å². The molecule has 0 saturated heterocycles. The number of aromatic nitrogens is 1. The number of aryl methyl sites for hydroxylation is 1. The fourth-order valence-electron chi connectivity index (χ4n) is 6.84. The first-order valence-electron chi connectivity index (χ1n) is 18.2. The van der Waals surface area contributed by atoms with Gasteiger partial charge in [0.25, 0.3) is 0 Å². The Labute approximate surface area is 291 Å². The molecule has 4 heteroatoms. The van der Waals surface area contributed by atoms with Crippen LogP contribution in [0.3, 0.4) is 0 Å². The van der Waals surface area contributed by atoms with Crippen LogP contribution in [0.1, 0.15) is 105 Å². The van der Waals surface area contributed by atoms with E-state index in [9.17, 15) is 0 Å². The van der Waals surface area contributed by atoms with Gasteiger partial charge in [0.15, 0.2) is 0 Å². The number of aliphatic imine (C=N–C) groups is 2. The molecule has 256 valence electrons. The highest BCUT2D eigenvalue weighted by Crippen LogP contribution is 2.50. The third-order valence-corrected chi connectivity index (χ3v) is 9.16. The summed E-state index contributed by atoms with van der Waals surface area (Å²) in [7, 11) is 0. The lowest BCUT2D eigenvalue weighted by atomic mass is 9.82. The molecular formula is C44H60N4. The first kappa shape index (κ1) is 38.3. The summed E-state index contributed by atoms with van der Waals surface area (Å²) >= 11 is 0. The van der Waals surface area contributed by atoms with Crippen molar-refractivity contribution in [1.29, 1.82) is 0 Å². The number of rotatable bonds is 11. The van der Waals surface area contributed by atoms with Crippen molar-refractivity contribution in [2.75, 3.05) is 0 Å². The summed E-state index contributed by atoms with van der Waals surface area (Å²) in [6, 6.07) is 20.5. The molecule has 1 heterocycles. The van der Waals surface area contributed by atoms with E-state index in [0.29, 0.717) is 6.67 Å². The van der Waals surface area contributed by atoms with Gasteiger partial charge in [-0.15, -0.1) is 0 Å². The number of fused-ring (bicyclic) bond motifs is 6. The number of nitrogens with one attached hydrogen (secondary N) is 1. The van der Waals surface area contributed by atoms with Crippen LogP contribution in [-0.4, -0.2) is 23.3 Å². The lowest BCUT2D eigenvalue weighted by molar-refractivity contribution is 0.446. The predicted molar refractivity (Wildman–Crippen MR) is 215 cm³/mol. The molecule has 2 atom stereocenters. The molecule has 5 rings (SSSR count). The fraction of sp³-hybridized carbons (Fsp3) is 0.409. The largest absolute Gasteiger partial charge is 0.348 e. The molecule has 1 aliphatic rings. The van der Waals surface area contributed by atoms with Crippen LogP contribution in [-0.2, 0) is 12.1 Å². The Hall–Kier alpha value is -4.18. The van der Waals surface area contributed by atoms with Crippen molar-refractivity contribution in [2.24, 2.45) is 15.9 Å². The third kappa shape index (κ3) is 7.75. The van der Waals surface area contributed by atoms with Crippen LogP contribution in [0.15, 0.2) is 101 Å². The van der Waals surface area contributed by atoms with Crippen molar-refractivity contribution >= 4 is 34.4 Å². The maximum absolute atomic E-state index is 5.31. The van der Waals surface area contributed by atoms with E-state index < -0.39 is 0 Å². The smallest absolute Gasteiger partial charge is 0.131 e. The van der Waals surface area contributed by atoms with Crippen molar-refractivity contribution in [3.05, 3.63) is 107 Å². The molecule has 2 unspecified atom stereocenters. The highest BCUT2D eigenvalue weighted by molar-refractivity contribution is 6.11. The molecule has 1 N–H and O–H groups in total. The quantitative estimate of drug-likeness (QED) is 0.0750. The number of amidine groups is 1. The number of nitrogens with zero attached hydrogens (tertiary/aromatic N) is 3. The molecule has 3 aromatic carbocycles. The van der Waals surface area contributed by atoms with Crippen molar-refractivity contribution in [3.8, 4) is 11.1 Å². The van der Waals surface area contributed by atoms with E-state index in [1.54, 1.807) is 0 Å². The van der Waals surface area contributed by atoms with Crippen LogP contribution >= 0.6 is 0 Å². The zero-order chi connectivity index (χ0) is 35.4. The van der Waals surface area contributed by atoms with Crippen molar-refractivity contribution < 1.29 is 0 Å². The summed E-state index contributed by atoms with van der Waals surface area (Å²) < 4.78 is 2.38. The highest BCUT2D eigenvalue weighted by atomic mass is 15.2. The second kappa shape index (κ2) is 17.8. The number of benzene rings is 3. The van der Waals surface area contributed by atoms with Crippen LogP contribution in [0.2, 0.25) is 0 Å². The van der Waals surface area contributed by atoms with Gasteiger partial charge in [0.1, 0.15) is 18.7 Å². The van der Waals surface area contributed by atoms with E-state index in [4.69, 9.17) is 4.99 Å². The van der Waals surface area contributed by atoms with Gasteiger partial charge < -0.3 is 9.88 Å². The average Bonchev–Trinajstić information content (AvgIpc) is 3.53. The zero-order valence-electron chi connectivity index (χ0n) is 31.6. The molecule has 1 aromatic heterocycles. The van der Waals surface area contributed by atoms with Crippen LogP contribution in [0.5, 0.6) is 0 Å². The van der Waals surface area contributed by atoms with Crippen molar-refractivity contribution in [2.45, 2.75) is 114 Å². The van der Waals surface area contributed by atoms with Gasteiger partial charge in [0.05, 0.1) is 11.0 Å². The normalized spacial score (nSPS) is 15.1. The summed E-state index contributed by atoms with van der Waals surface area (Å²) in [6.45, 7) is 27.8. The summed E-state index contributed by atoms with van der Waals surface area (Å²) in [5, 5.41) is 6.25. The summed E-state index contributed by atoms with van der Waals surface area (Å²) in [6.07, 6.45) is 13.7. The summed E-state index contributed by atoms with van der Waals surface area (Å²) in [4.78, 5) is 9.85. The second-order valence-corrected chi connectivity index (χ2v) is 12.5. The maximum atomic E-state index is 5.31. The summed E-state index contributed by atoms with van der Waals surface area (Å²) in [5.41, 5.74) is 10.1. The number of hydrogen-bond acceptors (Lipinski definition) is 2. The molecule has 48 heavy (non-hydrogen) atoms. The molecule has 0 radical (unpaired) electrons. The average molecular weight is 645 g/mol. The molecule has 4 aromatic rings. The maximum Gasteiger partial charge on any atom is 0.131 e. The molecule has 1 aliphatic carbocycles. The van der Waals surface area contributed by atoms with E-state index >= 15 is 0 Å². The van der Waals surface area contributed by atoms with E-state index in [1.165, 1.54) is 49.6 Å². The topological polar surface area (TPSA) is 41.7 Å². The third-order valence-electron chi connectivity index (χ3n) is 9.16. The minimum Gasteiger partial charge on any atom is -0.348 e. The van der Waals surface area contributed by atoms with Gasteiger partial charge in [0.2, 0.25) is 0 Å². The minimum atomic E-state index is -0.168. The van der Waals surface area contributed by atoms with E-state index in [2.05, 4.69) is 155 Å². The van der Waals surface area contributed by atoms with Gasteiger partial charge in [0, 0.05) is 27.7 Å². The Morgan fingerprint density at radius 1 is 0.917 bits per heavy atom. The lowest BCUT2D eigenvalue weighted by Gasteiger charge is -2.24. The molecule has 0 bridgehead atoms. The van der Waals surface area contributed by atoms with Crippen LogP contribution in [0, 0.1) is 12.8 Å². The Morgan fingerprint density at radius 3 is 2.27 bits per heavy atom. The predicted octanol–water partition coefficient (Wildman–Crippen LogP) is 12.3. The first-order chi connectivity index (χ1) is 23.3. The minimum absolute atomic E-state index is 0.0691. The van der Waals surface area contributed by atoms with Gasteiger partial charge >= 0.3 is 0 Å². The van der Waals surface area contributed by atoms with Crippen molar-refractivity contribution in [1.82, 2.24) is 9.88 Å². The van der Waals surface area contributed by atoms with Crippen molar-refractivity contribution in [3.63, 3.8) is 0 Å². The molecule has 4 nitrogen and oxygen atoms in total. The molecule has 0 saturated carbocycles. The molecule has 0 fully saturated rings. The summed E-state index contributed by atoms with van der Waals surface area (Å²) in [5.74, 6) is 1.08. The van der Waals surface area contributed by atoms with Gasteiger partial charge in [-0.2, -0.15) is 0 Å². The fourth-order valence-corrected chi connectivity index (χ4v) is 6.84. The lowest BCUT2D eigenvalue weighted by Crippen LogP contribution is -2.39. The van der Waals surface area contributed by atoms with Gasteiger partial charge in [-0.05, 0) is 86.8 Å². The number of hydrogen-bond donors (Lipinski definition) is 1. The van der Waals surface area contributed by atoms with Gasteiger partial charge in [-0.25, -0.2) is 4.99 Å². The Balaban J connectivity index is 0.00000151. The molecule has 0 spiro atoms. The van der Waals surface area contributed by atoms with E-state index in [1.807, 2.05) is 27.7 Å². The molecule has 0 aliphatic heterocycles. The van der Waals surface area contributed by atoms with Crippen LogP contribution in [0.4, 0.5) is 0 Å². The Kier molecular flexibility index (Phi) is 14.2. The Bertz CT molecular complexity index is 1790. The van der Waals surface area contributed by atoms with Crippen LogP contribution < -0.4 is 5.32 Å². The number of allylic oxidation sites excluding steroid dienone is 3. The SMILES string of the molecule is C=NC(NC(=N\Cn1c2ccc(C)cc2c2cc3c(cc21)C(C)(C)c1ccccc1-3)/C(/C=C\CC)=C/C)C(/C=C\C)CCC.CC.CC. The Morgan fingerprint density at radius 2 is 1.62 bits per heavy atom.